The standard InChI is InChI=1S/C24H23N3O4/c1-14-6-5-7-17(26-14)24(28)23-20(9-8-15(2)27-23)31-19-10-11-25-18-13-22(30-4)21(29-3)12-16(18)19/h5-13,24,28H,1-4H3. The molecule has 0 aliphatic carbocycles. The van der Waals surface area contributed by atoms with Gasteiger partial charge in [-0.05, 0) is 50.2 Å². The van der Waals surface area contributed by atoms with E-state index in [0.717, 1.165) is 16.8 Å². The van der Waals surface area contributed by atoms with E-state index in [9.17, 15) is 5.11 Å². The number of benzene rings is 1. The van der Waals surface area contributed by atoms with Crippen LogP contribution < -0.4 is 14.2 Å². The van der Waals surface area contributed by atoms with Crippen molar-refractivity contribution in [1.29, 1.82) is 0 Å². The lowest BCUT2D eigenvalue weighted by Crippen LogP contribution is -2.08. The third kappa shape index (κ3) is 4.13. The largest absolute Gasteiger partial charge is 0.493 e. The molecule has 7 heteroatoms. The Kier molecular flexibility index (Phi) is 5.68. The van der Waals surface area contributed by atoms with Crippen molar-refractivity contribution < 1.29 is 19.3 Å². The molecule has 0 fully saturated rings. The second kappa shape index (κ2) is 8.57. The van der Waals surface area contributed by atoms with Crippen LogP contribution in [0, 0.1) is 13.8 Å². The molecule has 1 atom stereocenters. The number of pyridine rings is 3. The molecular weight excluding hydrogens is 394 g/mol. The van der Waals surface area contributed by atoms with Gasteiger partial charge >= 0.3 is 0 Å². The molecule has 0 bridgehead atoms. The van der Waals surface area contributed by atoms with Gasteiger partial charge in [0.1, 0.15) is 17.5 Å². The Balaban J connectivity index is 1.79. The highest BCUT2D eigenvalue weighted by atomic mass is 16.5. The second-order valence-electron chi connectivity index (χ2n) is 7.08. The van der Waals surface area contributed by atoms with Crippen LogP contribution in [0.2, 0.25) is 0 Å². The number of aromatic nitrogens is 3. The molecule has 1 unspecified atom stereocenters. The summed E-state index contributed by atoms with van der Waals surface area (Å²) in [7, 11) is 3.16. The molecule has 3 aromatic heterocycles. The van der Waals surface area contributed by atoms with Gasteiger partial charge in [0, 0.05) is 29.0 Å². The lowest BCUT2D eigenvalue weighted by molar-refractivity contribution is 0.205. The minimum atomic E-state index is -1.03. The van der Waals surface area contributed by atoms with Crippen molar-refractivity contribution in [1.82, 2.24) is 15.0 Å². The lowest BCUT2D eigenvalue weighted by Gasteiger charge is -2.17. The first kappa shape index (κ1) is 20.6. The summed E-state index contributed by atoms with van der Waals surface area (Å²) in [6.45, 7) is 3.74. The van der Waals surface area contributed by atoms with Crippen LogP contribution in [0.25, 0.3) is 10.9 Å². The first-order valence-corrected chi connectivity index (χ1v) is 9.78. The summed E-state index contributed by atoms with van der Waals surface area (Å²) in [5, 5.41) is 11.8. The number of hydrogen-bond acceptors (Lipinski definition) is 7. The van der Waals surface area contributed by atoms with Crippen LogP contribution >= 0.6 is 0 Å². The summed E-state index contributed by atoms with van der Waals surface area (Å²) in [5.74, 6) is 2.14. The minimum Gasteiger partial charge on any atom is -0.493 e. The molecule has 0 radical (unpaired) electrons. The van der Waals surface area contributed by atoms with Crippen LogP contribution in [0.15, 0.2) is 54.7 Å². The zero-order valence-electron chi connectivity index (χ0n) is 17.8. The number of aliphatic hydroxyl groups is 1. The van der Waals surface area contributed by atoms with E-state index in [2.05, 4.69) is 15.0 Å². The fourth-order valence-electron chi connectivity index (χ4n) is 3.36. The zero-order valence-corrected chi connectivity index (χ0v) is 17.8. The average Bonchev–Trinajstić information content (AvgIpc) is 2.79. The van der Waals surface area contributed by atoms with E-state index in [0.29, 0.717) is 39.9 Å². The summed E-state index contributed by atoms with van der Waals surface area (Å²) in [5.41, 5.74) is 3.17. The van der Waals surface area contributed by atoms with Crippen molar-refractivity contribution in [3.05, 3.63) is 77.5 Å². The Morgan fingerprint density at radius 1 is 0.806 bits per heavy atom. The highest BCUT2D eigenvalue weighted by Gasteiger charge is 2.21. The van der Waals surface area contributed by atoms with Crippen molar-refractivity contribution in [2.75, 3.05) is 14.2 Å². The molecule has 0 spiro atoms. The van der Waals surface area contributed by atoms with Gasteiger partial charge in [-0.25, -0.2) is 0 Å². The SMILES string of the molecule is COc1cc2nccc(Oc3ccc(C)nc3C(O)c3cccc(C)n3)c2cc1OC. The van der Waals surface area contributed by atoms with Gasteiger partial charge in [0.25, 0.3) is 0 Å². The lowest BCUT2D eigenvalue weighted by atomic mass is 10.1. The maximum Gasteiger partial charge on any atom is 0.162 e. The molecule has 0 saturated carbocycles. The van der Waals surface area contributed by atoms with Crippen molar-refractivity contribution in [2.24, 2.45) is 0 Å². The van der Waals surface area contributed by atoms with E-state index in [1.807, 2.05) is 38.1 Å². The smallest absolute Gasteiger partial charge is 0.162 e. The first-order valence-electron chi connectivity index (χ1n) is 9.78. The number of aryl methyl sites for hydroxylation is 2. The van der Waals surface area contributed by atoms with Gasteiger partial charge in [0.05, 0.1) is 25.4 Å². The molecule has 4 aromatic rings. The number of nitrogens with zero attached hydrogens (tertiary/aromatic N) is 3. The van der Waals surface area contributed by atoms with E-state index in [-0.39, 0.29) is 0 Å². The Morgan fingerprint density at radius 3 is 2.29 bits per heavy atom. The fourth-order valence-corrected chi connectivity index (χ4v) is 3.36. The summed E-state index contributed by atoms with van der Waals surface area (Å²) < 4.78 is 17.0. The van der Waals surface area contributed by atoms with E-state index in [1.54, 1.807) is 44.7 Å². The topological polar surface area (TPSA) is 86.6 Å². The summed E-state index contributed by atoms with van der Waals surface area (Å²) in [6, 6.07) is 14.5. The molecule has 4 rings (SSSR count). The number of hydrogen-bond donors (Lipinski definition) is 1. The van der Waals surface area contributed by atoms with Crippen molar-refractivity contribution in [2.45, 2.75) is 20.0 Å². The first-order chi connectivity index (χ1) is 15.0. The van der Waals surface area contributed by atoms with Gasteiger partial charge in [-0.2, -0.15) is 0 Å². The summed E-state index contributed by atoms with van der Waals surface area (Å²) in [6.07, 6.45) is 0.626. The maximum absolute atomic E-state index is 11.0. The predicted molar refractivity (Wildman–Crippen MR) is 117 cm³/mol. The Hall–Kier alpha value is -3.71. The van der Waals surface area contributed by atoms with Gasteiger partial charge in [0.2, 0.25) is 0 Å². The van der Waals surface area contributed by atoms with Crippen molar-refractivity contribution >= 4 is 10.9 Å². The molecule has 158 valence electrons. The Bertz CT molecular complexity index is 1240. The number of aliphatic hydroxyl groups excluding tert-OH is 1. The Morgan fingerprint density at radius 2 is 1.55 bits per heavy atom. The summed E-state index contributed by atoms with van der Waals surface area (Å²) >= 11 is 0. The molecule has 0 aliphatic heterocycles. The van der Waals surface area contributed by atoms with E-state index in [4.69, 9.17) is 14.2 Å². The average molecular weight is 417 g/mol. The van der Waals surface area contributed by atoms with E-state index in [1.165, 1.54) is 0 Å². The molecule has 0 amide bonds. The maximum atomic E-state index is 11.0. The minimum absolute atomic E-state index is 0.392. The molecule has 1 aromatic carbocycles. The molecule has 1 N–H and O–H groups in total. The third-order valence-corrected chi connectivity index (χ3v) is 4.90. The number of methoxy groups -OCH3 is 2. The number of fused-ring (bicyclic) bond motifs is 1. The highest BCUT2D eigenvalue weighted by Crippen LogP contribution is 2.38. The van der Waals surface area contributed by atoms with Crippen molar-refractivity contribution in [3.8, 4) is 23.0 Å². The molecule has 3 heterocycles. The monoisotopic (exact) mass is 417 g/mol. The van der Waals surface area contributed by atoms with Gasteiger partial charge in [-0.3, -0.25) is 15.0 Å². The third-order valence-electron chi connectivity index (χ3n) is 4.90. The normalized spacial score (nSPS) is 11.9. The van der Waals surface area contributed by atoms with Gasteiger partial charge in [0.15, 0.2) is 17.2 Å². The van der Waals surface area contributed by atoms with Crippen LogP contribution in [0.3, 0.4) is 0 Å². The van der Waals surface area contributed by atoms with Crippen LogP contribution in [0.5, 0.6) is 23.0 Å². The zero-order chi connectivity index (χ0) is 22.0. The molecular formula is C24H23N3O4. The second-order valence-corrected chi connectivity index (χ2v) is 7.08. The van der Waals surface area contributed by atoms with Crippen LogP contribution in [0.4, 0.5) is 0 Å². The fraction of sp³-hybridized carbons (Fsp3) is 0.208. The number of rotatable bonds is 6. The van der Waals surface area contributed by atoms with Crippen LogP contribution in [-0.4, -0.2) is 34.3 Å². The molecule has 0 saturated heterocycles. The quantitative estimate of drug-likeness (QED) is 0.493. The molecule has 7 nitrogen and oxygen atoms in total. The van der Waals surface area contributed by atoms with E-state index >= 15 is 0 Å². The van der Waals surface area contributed by atoms with Gasteiger partial charge < -0.3 is 19.3 Å². The van der Waals surface area contributed by atoms with Gasteiger partial charge in [-0.15, -0.1) is 0 Å². The van der Waals surface area contributed by atoms with E-state index < -0.39 is 6.10 Å². The molecule has 0 aliphatic rings. The number of ether oxygens (including phenoxy) is 3. The van der Waals surface area contributed by atoms with Crippen LogP contribution in [0.1, 0.15) is 28.9 Å². The molecule has 31 heavy (non-hydrogen) atoms. The van der Waals surface area contributed by atoms with Crippen LogP contribution in [-0.2, 0) is 0 Å². The summed E-state index contributed by atoms with van der Waals surface area (Å²) in [4.78, 5) is 13.4. The Labute approximate surface area is 180 Å². The predicted octanol–water partition coefficient (Wildman–Crippen LogP) is 4.53. The van der Waals surface area contributed by atoms with Crippen molar-refractivity contribution in [3.63, 3.8) is 0 Å². The highest BCUT2D eigenvalue weighted by molar-refractivity contribution is 5.88. The van der Waals surface area contributed by atoms with Gasteiger partial charge in [-0.1, -0.05) is 6.07 Å².